The van der Waals surface area contributed by atoms with Crippen LogP contribution in [0.1, 0.15) is 17.2 Å². The molecule has 1 saturated heterocycles. The lowest BCUT2D eigenvalue weighted by molar-refractivity contribution is -0.123. The highest BCUT2D eigenvalue weighted by Gasteiger charge is 2.25. The molecule has 2 aliphatic heterocycles. The maximum absolute atomic E-state index is 12.4. The van der Waals surface area contributed by atoms with Gasteiger partial charge < -0.3 is 19.7 Å². The van der Waals surface area contributed by atoms with Gasteiger partial charge in [-0.2, -0.15) is 0 Å². The van der Waals surface area contributed by atoms with Gasteiger partial charge >= 0.3 is 0 Å². The van der Waals surface area contributed by atoms with Gasteiger partial charge in [0.05, 0.1) is 19.3 Å². The fraction of sp³-hybridized carbons (Fsp3) is 0.435. The number of carbonyl (C=O) groups excluding carboxylic acids is 1. The van der Waals surface area contributed by atoms with Crippen molar-refractivity contribution >= 4 is 23.2 Å². The van der Waals surface area contributed by atoms with Gasteiger partial charge in [-0.15, -0.1) is 0 Å². The van der Waals surface area contributed by atoms with Crippen LogP contribution in [0.3, 0.4) is 0 Å². The summed E-state index contributed by atoms with van der Waals surface area (Å²) in [7, 11) is 2.13. The molecule has 1 atom stereocenters. The lowest BCUT2D eigenvalue weighted by Gasteiger charge is -2.35. The number of nitrogens with one attached hydrogen (secondary N) is 1. The summed E-state index contributed by atoms with van der Waals surface area (Å²) >= 11 is 5.88. The van der Waals surface area contributed by atoms with Crippen LogP contribution in [0.5, 0.6) is 5.75 Å². The number of fused-ring (bicyclic) bond motifs is 1. The first-order valence-electron chi connectivity index (χ1n) is 10.4. The first kappa shape index (κ1) is 21.0. The molecule has 1 unspecified atom stereocenters. The number of halogens is 1. The van der Waals surface area contributed by atoms with Crippen LogP contribution < -0.4 is 15.0 Å². The Bertz CT molecular complexity index is 868. The van der Waals surface area contributed by atoms with Gasteiger partial charge in [0.1, 0.15) is 5.75 Å². The number of ether oxygens (including phenoxy) is 2. The molecule has 0 aliphatic carbocycles. The van der Waals surface area contributed by atoms with E-state index in [1.165, 1.54) is 16.8 Å². The molecule has 7 heteroatoms. The van der Waals surface area contributed by atoms with E-state index in [1.54, 1.807) is 24.3 Å². The van der Waals surface area contributed by atoms with Crippen LogP contribution in [-0.4, -0.2) is 63.9 Å². The lowest BCUT2D eigenvalue weighted by Crippen LogP contribution is -2.44. The molecular weight excluding hydrogens is 402 g/mol. The molecule has 2 aromatic carbocycles. The third kappa shape index (κ3) is 5.06. The summed E-state index contributed by atoms with van der Waals surface area (Å²) in [6, 6.07) is 13.8. The molecule has 6 nitrogen and oxygen atoms in total. The molecular formula is C23H28ClN3O3. The largest absolute Gasteiger partial charge is 0.484 e. The average Bonchev–Trinajstić information content (AvgIpc) is 3.14. The van der Waals surface area contributed by atoms with Crippen molar-refractivity contribution in [3.63, 3.8) is 0 Å². The molecule has 1 fully saturated rings. The summed E-state index contributed by atoms with van der Waals surface area (Å²) < 4.78 is 11.1. The van der Waals surface area contributed by atoms with Crippen molar-refractivity contribution in [2.24, 2.45) is 0 Å². The molecule has 0 radical (unpaired) electrons. The van der Waals surface area contributed by atoms with Crippen LogP contribution in [0.25, 0.3) is 0 Å². The van der Waals surface area contributed by atoms with Gasteiger partial charge in [0.25, 0.3) is 5.91 Å². The van der Waals surface area contributed by atoms with E-state index in [2.05, 4.69) is 40.4 Å². The Kier molecular flexibility index (Phi) is 6.77. The standard InChI is InChI=1S/C23H28ClN3O3/c1-26-9-8-18-14-17(2-7-21(18)26)22(27-10-12-29-13-11-27)15-25-23(28)16-30-20-5-3-19(24)4-6-20/h2-7,14,22H,8-13,15-16H2,1H3,(H,25,28). The molecule has 1 N–H and O–H groups in total. The molecule has 2 aliphatic rings. The van der Waals surface area contributed by atoms with Crippen molar-refractivity contribution in [1.29, 1.82) is 0 Å². The number of benzene rings is 2. The average molecular weight is 430 g/mol. The van der Waals surface area contributed by atoms with Crippen LogP contribution in [-0.2, 0) is 16.0 Å². The van der Waals surface area contributed by atoms with Crippen molar-refractivity contribution in [2.75, 3.05) is 57.9 Å². The fourth-order valence-electron chi connectivity index (χ4n) is 4.08. The van der Waals surface area contributed by atoms with Crippen molar-refractivity contribution in [3.8, 4) is 5.75 Å². The van der Waals surface area contributed by atoms with Gasteiger partial charge in [-0.05, 0) is 47.9 Å². The molecule has 4 rings (SSSR count). The highest BCUT2D eigenvalue weighted by Crippen LogP contribution is 2.31. The van der Waals surface area contributed by atoms with E-state index < -0.39 is 0 Å². The molecule has 2 heterocycles. The molecule has 2 aromatic rings. The number of hydrogen-bond acceptors (Lipinski definition) is 5. The Labute approximate surface area is 182 Å². The number of nitrogens with zero attached hydrogens (tertiary/aromatic N) is 2. The highest BCUT2D eigenvalue weighted by atomic mass is 35.5. The number of carbonyl (C=O) groups is 1. The third-order valence-electron chi connectivity index (χ3n) is 5.78. The predicted octanol–water partition coefficient (Wildman–Crippen LogP) is 2.90. The van der Waals surface area contributed by atoms with E-state index in [0.717, 1.165) is 39.3 Å². The molecule has 0 spiro atoms. The smallest absolute Gasteiger partial charge is 0.258 e. The summed E-state index contributed by atoms with van der Waals surface area (Å²) in [5, 5.41) is 3.69. The summed E-state index contributed by atoms with van der Waals surface area (Å²) in [5.41, 5.74) is 3.93. The third-order valence-corrected chi connectivity index (χ3v) is 6.03. The molecule has 1 amide bonds. The van der Waals surface area contributed by atoms with Gasteiger partial charge in [-0.1, -0.05) is 23.7 Å². The highest BCUT2D eigenvalue weighted by molar-refractivity contribution is 6.30. The van der Waals surface area contributed by atoms with Crippen molar-refractivity contribution in [3.05, 3.63) is 58.6 Å². The van der Waals surface area contributed by atoms with E-state index in [9.17, 15) is 4.79 Å². The van der Waals surface area contributed by atoms with Crippen molar-refractivity contribution in [2.45, 2.75) is 12.5 Å². The Balaban J connectivity index is 1.40. The number of amides is 1. The van der Waals surface area contributed by atoms with Crippen molar-refractivity contribution < 1.29 is 14.3 Å². The molecule has 160 valence electrons. The van der Waals surface area contributed by atoms with Crippen LogP contribution in [0.4, 0.5) is 5.69 Å². The minimum atomic E-state index is -0.135. The summed E-state index contributed by atoms with van der Waals surface area (Å²) in [4.78, 5) is 17.1. The van der Waals surface area contributed by atoms with Crippen LogP contribution in [0, 0.1) is 0 Å². The lowest BCUT2D eigenvalue weighted by atomic mass is 10.0. The van der Waals surface area contributed by atoms with E-state index in [0.29, 0.717) is 17.3 Å². The summed E-state index contributed by atoms with van der Waals surface area (Å²) in [6.45, 7) is 4.73. The number of anilines is 1. The maximum Gasteiger partial charge on any atom is 0.258 e. The quantitative estimate of drug-likeness (QED) is 0.733. The topological polar surface area (TPSA) is 54.0 Å². The monoisotopic (exact) mass is 429 g/mol. The Morgan fingerprint density at radius 2 is 1.93 bits per heavy atom. The Morgan fingerprint density at radius 3 is 2.70 bits per heavy atom. The molecule has 30 heavy (non-hydrogen) atoms. The zero-order valence-corrected chi connectivity index (χ0v) is 18.0. The van der Waals surface area contributed by atoms with Crippen LogP contribution in [0.15, 0.2) is 42.5 Å². The zero-order valence-electron chi connectivity index (χ0n) is 17.3. The number of rotatable bonds is 7. The fourth-order valence-corrected chi connectivity index (χ4v) is 4.21. The second kappa shape index (κ2) is 9.69. The normalized spacial score (nSPS) is 17.5. The number of likely N-dealkylation sites (N-methyl/N-ethyl adjacent to an activating group) is 1. The van der Waals surface area contributed by atoms with Crippen molar-refractivity contribution in [1.82, 2.24) is 10.2 Å². The predicted molar refractivity (Wildman–Crippen MR) is 119 cm³/mol. The van der Waals surface area contributed by atoms with E-state index in [-0.39, 0.29) is 18.6 Å². The van der Waals surface area contributed by atoms with E-state index in [1.807, 2.05) is 0 Å². The summed E-state index contributed by atoms with van der Waals surface area (Å²) in [5.74, 6) is 0.492. The van der Waals surface area contributed by atoms with Crippen LogP contribution in [0.2, 0.25) is 5.02 Å². The van der Waals surface area contributed by atoms with Crippen LogP contribution >= 0.6 is 11.6 Å². The van der Waals surface area contributed by atoms with Gasteiger partial charge in [-0.3, -0.25) is 9.69 Å². The zero-order chi connectivity index (χ0) is 20.9. The van der Waals surface area contributed by atoms with Gasteiger partial charge in [-0.25, -0.2) is 0 Å². The molecule has 0 saturated carbocycles. The van der Waals surface area contributed by atoms with Gasteiger partial charge in [0.2, 0.25) is 0 Å². The van der Waals surface area contributed by atoms with E-state index in [4.69, 9.17) is 21.1 Å². The van der Waals surface area contributed by atoms with Gasteiger partial charge in [0.15, 0.2) is 6.61 Å². The molecule has 0 aromatic heterocycles. The Morgan fingerprint density at radius 1 is 1.17 bits per heavy atom. The minimum absolute atomic E-state index is 0.0214. The summed E-state index contributed by atoms with van der Waals surface area (Å²) in [6.07, 6.45) is 1.07. The second-order valence-corrected chi connectivity index (χ2v) is 8.21. The number of hydrogen-bond donors (Lipinski definition) is 1. The maximum atomic E-state index is 12.4. The molecule has 0 bridgehead atoms. The second-order valence-electron chi connectivity index (χ2n) is 7.77. The Hall–Kier alpha value is -2.28. The first-order chi connectivity index (χ1) is 14.6. The first-order valence-corrected chi connectivity index (χ1v) is 10.8. The van der Waals surface area contributed by atoms with E-state index >= 15 is 0 Å². The SMILES string of the molecule is CN1CCc2cc(C(CNC(=O)COc3ccc(Cl)cc3)N3CCOCC3)ccc21. The minimum Gasteiger partial charge on any atom is -0.484 e. The number of morpholine rings is 1. The van der Waals surface area contributed by atoms with Gasteiger partial charge in [0, 0.05) is 43.9 Å².